The molecule has 0 aromatic carbocycles. The number of carbonyl (C=O) groups is 1. The molecule has 0 saturated carbocycles. The minimum atomic E-state index is 0.546. The van der Waals surface area contributed by atoms with Gasteiger partial charge in [-0.1, -0.05) is 11.8 Å². The molecular formula is C4H5NO2S. The standard InChI is InChI=1S/C4H5NO2S/c6-2-5-4-1-8-3-7-4/h1-2H,3H2,(H,5,6). The molecule has 1 aliphatic heterocycles. The van der Waals surface area contributed by atoms with Gasteiger partial charge < -0.3 is 4.74 Å². The summed E-state index contributed by atoms with van der Waals surface area (Å²) in [7, 11) is 0. The fourth-order valence-electron chi connectivity index (χ4n) is 0.375. The number of rotatable bonds is 2. The number of hydrogen-bond donors (Lipinski definition) is 1. The second-order valence-corrected chi connectivity index (χ2v) is 1.98. The molecule has 44 valence electrons. The Morgan fingerprint density at radius 2 is 2.88 bits per heavy atom. The molecule has 0 aliphatic carbocycles. The summed E-state index contributed by atoms with van der Waals surface area (Å²) in [4.78, 5) is 9.72. The van der Waals surface area contributed by atoms with Crippen molar-refractivity contribution in [1.82, 2.24) is 5.32 Å². The van der Waals surface area contributed by atoms with E-state index in [1.807, 2.05) is 0 Å². The highest BCUT2D eigenvalue weighted by Gasteiger charge is 2.01. The van der Waals surface area contributed by atoms with Gasteiger partial charge in [-0.05, 0) is 0 Å². The van der Waals surface area contributed by atoms with Gasteiger partial charge in [0, 0.05) is 5.41 Å². The third kappa shape index (κ3) is 1.16. The molecule has 1 amide bonds. The first-order valence-electron chi connectivity index (χ1n) is 2.08. The van der Waals surface area contributed by atoms with Crippen LogP contribution in [0.3, 0.4) is 0 Å². The first-order chi connectivity index (χ1) is 3.93. The summed E-state index contributed by atoms with van der Waals surface area (Å²) in [5.41, 5.74) is 0. The van der Waals surface area contributed by atoms with E-state index in [9.17, 15) is 4.79 Å². The Morgan fingerprint density at radius 1 is 2.00 bits per heavy atom. The monoisotopic (exact) mass is 131 g/mol. The summed E-state index contributed by atoms with van der Waals surface area (Å²) in [6, 6.07) is 0. The van der Waals surface area contributed by atoms with Gasteiger partial charge in [0.2, 0.25) is 12.3 Å². The van der Waals surface area contributed by atoms with Crippen LogP contribution in [0, 0.1) is 0 Å². The highest BCUT2D eigenvalue weighted by atomic mass is 32.2. The Morgan fingerprint density at radius 3 is 3.38 bits per heavy atom. The third-order valence-electron chi connectivity index (χ3n) is 0.674. The average Bonchev–Trinajstić information content (AvgIpc) is 2.19. The number of amides is 1. The fraction of sp³-hybridized carbons (Fsp3) is 0.250. The van der Waals surface area contributed by atoms with E-state index >= 15 is 0 Å². The van der Waals surface area contributed by atoms with Gasteiger partial charge in [0.25, 0.3) is 0 Å². The summed E-state index contributed by atoms with van der Waals surface area (Å²) >= 11 is 1.52. The van der Waals surface area contributed by atoms with Crippen molar-refractivity contribution >= 4 is 18.2 Å². The number of hydrogen-bond acceptors (Lipinski definition) is 3. The van der Waals surface area contributed by atoms with Crippen LogP contribution in [-0.4, -0.2) is 12.3 Å². The van der Waals surface area contributed by atoms with Crippen molar-refractivity contribution in [3.05, 3.63) is 11.3 Å². The molecule has 0 radical (unpaired) electrons. The van der Waals surface area contributed by atoms with Gasteiger partial charge in [-0.25, -0.2) is 0 Å². The Kier molecular flexibility index (Phi) is 1.80. The average molecular weight is 131 g/mol. The predicted octanol–water partition coefficient (Wildman–Crippen LogP) is 0.252. The lowest BCUT2D eigenvalue weighted by atomic mass is 10.9. The van der Waals surface area contributed by atoms with Crippen LogP contribution >= 0.6 is 11.8 Å². The minimum absolute atomic E-state index is 0.546. The number of nitrogens with one attached hydrogen (secondary N) is 1. The summed E-state index contributed by atoms with van der Waals surface area (Å²) in [5.74, 6) is 1.15. The van der Waals surface area contributed by atoms with E-state index in [4.69, 9.17) is 4.74 Å². The molecule has 0 bridgehead atoms. The molecule has 0 aromatic rings. The van der Waals surface area contributed by atoms with Crippen molar-refractivity contribution in [2.75, 3.05) is 5.94 Å². The van der Waals surface area contributed by atoms with Crippen molar-refractivity contribution in [2.24, 2.45) is 0 Å². The molecule has 0 fully saturated rings. The minimum Gasteiger partial charge on any atom is -0.467 e. The maximum Gasteiger partial charge on any atom is 0.213 e. The van der Waals surface area contributed by atoms with Gasteiger partial charge in [0.15, 0.2) is 0 Å². The third-order valence-corrected chi connectivity index (χ3v) is 1.31. The lowest BCUT2D eigenvalue weighted by molar-refractivity contribution is -0.109. The first-order valence-corrected chi connectivity index (χ1v) is 3.13. The van der Waals surface area contributed by atoms with Crippen molar-refractivity contribution < 1.29 is 9.53 Å². The Labute approximate surface area is 51.1 Å². The molecule has 4 heteroatoms. The summed E-state index contributed by atoms with van der Waals surface area (Å²) < 4.78 is 4.88. The normalized spacial score (nSPS) is 16.8. The van der Waals surface area contributed by atoms with Crippen LogP contribution < -0.4 is 5.32 Å². The lowest BCUT2D eigenvalue weighted by Crippen LogP contribution is -2.09. The van der Waals surface area contributed by atoms with E-state index in [-0.39, 0.29) is 0 Å². The molecule has 8 heavy (non-hydrogen) atoms. The second-order valence-electron chi connectivity index (χ2n) is 1.17. The predicted molar refractivity (Wildman–Crippen MR) is 30.8 cm³/mol. The van der Waals surface area contributed by atoms with Crippen LogP contribution in [0.4, 0.5) is 0 Å². The van der Waals surface area contributed by atoms with E-state index in [2.05, 4.69) is 5.32 Å². The van der Waals surface area contributed by atoms with Crippen molar-refractivity contribution in [1.29, 1.82) is 0 Å². The lowest BCUT2D eigenvalue weighted by Gasteiger charge is -1.95. The molecule has 0 spiro atoms. The van der Waals surface area contributed by atoms with Gasteiger partial charge in [0.1, 0.15) is 5.94 Å². The largest absolute Gasteiger partial charge is 0.467 e. The molecule has 0 aromatic heterocycles. The van der Waals surface area contributed by atoms with Crippen molar-refractivity contribution in [3.63, 3.8) is 0 Å². The van der Waals surface area contributed by atoms with Gasteiger partial charge in [-0.2, -0.15) is 0 Å². The molecular weight excluding hydrogens is 126 g/mol. The highest BCUT2D eigenvalue weighted by Crippen LogP contribution is 2.15. The molecule has 0 unspecified atom stereocenters. The zero-order valence-electron chi connectivity index (χ0n) is 4.09. The first kappa shape index (κ1) is 5.50. The van der Waals surface area contributed by atoms with E-state index in [1.54, 1.807) is 5.41 Å². The Hall–Kier alpha value is -0.640. The Balaban J connectivity index is 2.33. The van der Waals surface area contributed by atoms with Gasteiger partial charge in [0.05, 0.1) is 0 Å². The van der Waals surface area contributed by atoms with Crippen LogP contribution in [0.1, 0.15) is 0 Å². The maximum atomic E-state index is 9.72. The maximum absolute atomic E-state index is 9.72. The SMILES string of the molecule is O=CNC1=CSCO1. The highest BCUT2D eigenvalue weighted by molar-refractivity contribution is 8.02. The molecule has 0 saturated heterocycles. The van der Waals surface area contributed by atoms with Crippen LogP contribution in [-0.2, 0) is 9.53 Å². The van der Waals surface area contributed by atoms with Gasteiger partial charge in [-0.15, -0.1) is 0 Å². The summed E-state index contributed by atoms with van der Waals surface area (Å²) in [6.07, 6.45) is 0.595. The zero-order chi connectivity index (χ0) is 5.82. The van der Waals surface area contributed by atoms with Crippen LogP contribution in [0.15, 0.2) is 11.3 Å². The fourth-order valence-corrected chi connectivity index (χ4v) is 0.926. The summed E-state index contributed by atoms with van der Waals surface area (Å²) in [6.45, 7) is 0. The molecule has 1 heterocycles. The number of carbonyl (C=O) groups excluding carboxylic acids is 1. The molecule has 0 atom stereocenters. The topological polar surface area (TPSA) is 38.3 Å². The van der Waals surface area contributed by atoms with Crippen LogP contribution in [0.25, 0.3) is 0 Å². The summed E-state index contributed by atoms with van der Waals surface area (Å²) in [5, 5.41) is 4.14. The second kappa shape index (κ2) is 2.61. The molecule has 1 aliphatic rings. The molecule has 3 nitrogen and oxygen atoms in total. The Bertz CT molecular complexity index is 123. The van der Waals surface area contributed by atoms with E-state index in [0.29, 0.717) is 18.2 Å². The van der Waals surface area contributed by atoms with E-state index in [0.717, 1.165) is 0 Å². The van der Waals surface area contributed by atoms with Crippen molar-refractivity contribution in [2.45, 2.75) is 0 Å². The van der Waals surface area contributed by atoms with E-state index in [1.165, 1.54) is 11.8 Å². The van der Waals surface area contributed by atoms with Crippen molar-refractivity contribution in [3.8, 4) is 0 Å². The quantitative estimate of drug-likeness (QED) is 0.546. The molecule has 1 rings (SSSR count). The van der Waals surface area contributed by atoms with Crippen LogP contribution in [0.5, 0.6) is 0 Å². The van der Waals surface area contributed by atoms with Crippen LogP contribution in [0.2, 0.25) is 0 Å². The van der Waals surface area contributed by atoms with Gasteiger partial charge >= 0.3 is 0 Å². The number of thioether (sulfide) groups is 1. The molecule has 1 N–H and O–H groups in total. The van der Waals surface area contributed by atoms with Gasteiger partial charge in [-0.3, -0.25) is 10.1 Å². The zero-order valence-corrected chi connectivity index (χ0v) is 4.90. The van der Waals surface area contributed by atoms with E-state index < -0.39 is 0 Å². The number of ether oxygens (including phenoxy) is 1. The smallest absolute Gasteiger partial charge is 0.213 e.